The van der Waals surface area contributed by atoms with Crippen molar-refractivity contribution in [1.82, 2.24) is 4.98 Å². The number of hydrogen-bond donors (Lipinski definition) is 0. The number of rotatable bonds is 3. The first-order valence-electron chi connectivity index (χ1n) is 5.97. The highest BCUT2D eigenvalue weighted by Crippen LogP contribution is 2.29. The third-order valence-electron chi connectivity index (χ3n) is 2.93. The second-order valence-electron chi connectivity index (χ2n) is 4.27. The standard InChI is InChI=1S/C15H11BrFNO/c16-11(10-5-1-2-6-12(10)17)9-15-18-13-7-3-4-8-14(13)19-15/h1-8,11H,9H2. The molecule has 0 aliphatic rings. The molecule has 0 aliphatic carbocycles. The maximum absolute atomic E-state index is 13.7. The van der Waals surface area contributed by atoms with Crippen LogP contribution in [0, 0.1) is 5.82 Å². The fourth-order valence-corrected chi connectivity index (χ4v) is 2.65. The SMILES string of the molecule is Fc1ccccc1C(Br)Cc1nc2ccccc2o1. The average molecular weight is 320 g/mol. The van der Waals surface area contributed by atoms with Crippen LogP contribution in [0.5, 0.6) is 0 Å². The van der Waals surface area contributed by atoms with Gasteiger partial charge < -0.3 is 4.42 Å². The van der Waals surface area contributed by atoms with E-state index in [0.29, 0.717) is 17.9 Å². The zero-order valence-electron chi connectivity index (χ0n) is 10.0. The molecule has 2 aromatic carbocycles. The number of benzene rings is 2. The maximum atomic E-state index is 13.7. The van der Waals surface area contributed by atoms with Gasteiger partial charge in [0.1, 0.15) is 11.3 Å². The molecular formula is C15H11BrFNO. The summed E-state index contributed by atoms with van der Waals surface area (Å²) in [4.78, 5) is 4.24. The monoisotopic (exact) mass is 319 g/mol. The summed E-state index contributed by atoms with van der Waals surface area (Å²) in [6.45, 7) is 0. The Balaban J connectivity index is 1.86. The van der Waals surface area contributed by atoms with Gasteiger partial charge in [-0.25, -0.2) is 9.37 Å². The van der Waals surface area contributed by atoms with Crippen molar-refractivity contribution in [1.29, 1.82) is 0 Å². The van der Waals surface area contributed by atoms with Gasteiger partial charge >= 0.3 is 0 Å². The first-order chi connectivity index (χ1) is 9.24. The molecule has 0 saturated carbocycles. The van der Waals surface area contributed by atoms with Crippen LogP contribution in [0.25, 0.3) is 11.1 Å². The van der Waals surface area contributed by atoms with Crippen LogP contribution >= 0.6 is 15.9 Å². The van der Waals surface area contributed by atoms with Crippen molar-refractivity contribution < 1.29 is 8.81 Å². The number of oxazole rings is 1. The number of nitrogens with zero attached hydrogens (tertiary/aromatic N) is 1. The molecule has 0 bridgehead atoms. The highest BCUT2D eigenvalue weighted by molar-refractivity contribution is 9.09. The van der Waals surface area contributed by atoms with E-state index in [0.717, 1.165) is 11.1 Å². The zero-order chi connectivity index (χ0) is 13.2. The number of halogens is 2. The first kappa shape index (κ1) is 12.4. The summed E-state index contributed by atoms with van der Waals surface area (Å²) in [5, 5.41) is 0. The Labute approximate surface area is 118 Å². The second-order valence-corrected chi connectivity index (χ2v) is 5.37. The van der Waals surface area contributed by atoms with Crippen LogP contribution in [0.3, 0.4) is 0 Å². The normalized spacial score (nSPS) is 12.7. The molecule has 96 valence electrons. The van der Waals surface area contributed by atoms with Crippen molar-refractivity contribution in [2.45, 2.75) is 11.2 Å². The highest BCUT2D eigenvalue weighted by atomic mass is 79.9. The lowest BCUT2D eigenvalue weighted by Gasteiger charge is -2.08. The van der Waals surface area contributed by atoms with Crippen LogP contribution in [-0.2, 0) is 6.42 Å². The van der Waals surface area contributed by atoms with Crippen LogP contribution in [0.2, 0.25) is 0 Å². The number of alkyl halides is 1. The molecular weight excluding hydrogens is 309 g/mol. The number of para-hydroxylation sites is 2. The topological polar surface area (TPSA) is 26.0 Å². The third kappa shape index (κ3) is 2.54. The molecule has 0 aliphatic heterocycles. The molecule has 1 unspecified atom stereocenters. The van der Waals surface area contributed by atoms with E-state index in [-0.39, 0.29) is 10.6 Å². The van der Waals surface area contributed by atoms with Crippen LogP contribution in [0.1, 0.15) is 16.3 Å². The Hall–Kier alpha value is -1.68. The summed E-state index contributed by atoms with van der Waals surface area (Å²) < 4.78 is 19.3. The van der Waals surface area contributed by atoms with Gasteiger partial charge in [0, 0.05) is 12.0 Å². The van der Waals surface area contributed by atoms with E-state index in [4.69, 9.17) is 4.42 Å². The predicted octanol–water partition coefficient (Wildman–Crippen LogP) is 4.65. The Bertz CT molecular complexity index is 677. The van der Waals surface area contributed by atoms with Gasteiger partial charge in [0.2, 0.25) is 0 Å². The molecule has 0 saturated heterocycles. The summed E-state index contributed by atoms with van der Waals surface area (Å²) in [5.41, 5.74) is 2.20. The lowest BCUT2D eigenvalue weighted by molar-refractivity contribution is 0.522. The minimum atomic E-state index is -0.222. The molecule has 0 radical (unpaired) electrons. The van der Waals surface area contributed by atoms with E-state index in [1.54, 1.807) is 12.1 Å². The lowest BCUT2D eigenvalue weighted by Crippen LogP contribution is -1.98. The van der Waals surface area contributed by atoms with E-state index < -0.39 is 0 Å². The van der Waals surface area contributed by atoms with Crippen molar-refractivity contribution >= 4 is 27.0 Å². The largest absolute Gasteiger partial charge is 0.441 e. The molecule has 0 spiro atoms. The quantitative estimate of drug-likeness (QED) is 0.657. The number of aromatic nitrogens is 1. The molecule has 1 atom stereocenters. The van der Waals surface area contributed by atoms with E-state index in [1.165, 1.54) is 6.07 Å². The maximum Gasteiger partial charge on any atom is 0.196 e. The molecule has 19 heavy (non-hydrogen) atoms. The van der Waals surface area contributed by atoms with Gasteiger partial charge in [0.05, 0.1) is 4.83 Å². The zero-order valence-corrected chi connectivity index (χ0v) is 11.6. The Morgan fingerprint density at radius 3 is 2.63 bits per heavy atom. The van der Waals surface area contributed by atoms with Gasteiger partial charge in [-0.3, -0.25) is 0 Å². The van der Waals surface area contributed by atoms with Crippen LogP contribution in [0.4, 0.5) is 4.39 Å². The van der Waals surface area contributed by atoms with E-state index >= 15 is 0 Å². The molecule has 0 N–H and O–H groups in total. The van der Waals surface area contributed by atoms with Crippen molar-refractivity contribution in [2.24, 2.45) is 0 Å². The van der Waals surface area contributed by atoms with Gasteiger partial charge in [-0.15, -0.1) is 0 Å². The van der Waals surface area contributed by atoms with Gasteiger partial charge in [0.15, 0.2) is 11.5 Å². The van der Waals surface area contributed by atoms with Crippen molar-refractivity contribution in [3.63, 3.8) is 0 Å². The molecule has 2 nitrogen and oxygen atoms in total. The van der Waals surface area contributed by atoms with Gasteiger partial charge in [0.25, 0.3) is 0 Å². The summed E-state index contributed by atoms with van der Waals surface area (Å²) in [6, 6.07) is 14.3. The third-order valence-corrected chi connectivity index (χ3v) is 3.75. The Morgan fingerprint density at radius 1 is 1.11 bits per heavy atom. The number of fused-ring (bicyclic) bond motifs is 1. The van der Waals surface area contributed by atoms with Gasteiger partial charge in [-0.1, -0.05) is 46.3 Å². The molecule has 1 heterocycles. The van der Waals surface area contributed by atoms with Crippen LogP contribution in [0.15, 0.2) is 52.9 Å². The number of hydrogen-bond acceptors (Lipinski definition) is 2. The molecule has 3 rings (SSSR count). The fraction of sp³-hybridized carbons (Fsp3) is 0.133. The van der Waals surface area contributed by atoms with Gasteiger partial charge in [-0.2, -0.15) is 0 Å². The summed E-state index contributed by atoms with van der Waals surface area (Å²) in [6.07, 6.45) is 0.510. The lowest BCUT2D eigenvalue weighted by atomic mass is 10.1. The van der Waals surface area contributed by atoms with E-state index in [9.17, 15) is 4.39 Å². The van der Waals surface area contributed by atoms with Crippen LogP contribution in [-0.4, -0.2) is 4.98 Å². The average Bonchev–Trinajstić information content (AvgIpc) is 2.81. The smallest absolute Gasteiger partial charge is 0.196 e. The molecule has 1 aromatic heterocycles. The Kier molecular flexibility index (Phi) is 3.34. The Morgan fingerprint density at radius 2 is 1.84 bits per heavy atom. The van der Waals surface area contributed by atoms with Crippen LogP contribution < -0.4 is 0 Å². The predicted molar refractivity (Wildman–Crippen MR) is 75.8 cm³/mol. The second kappa shape index (κ2) is 5.13. The van der Waals surface area contributed by atoms with E-state index in [2.05, 4.69) is 20.9 Å². The minimum Gasteiger partial charge on any atom is -0.441 e. The molecule has 0 fully saturated rings. The molecule has 0 amide bonds. The van der Waals surface area contributed by atoms with Crippen molar-refractivity contribution in [3.05, 3.63) is 65.8 Å². The summed E-state index contributed by atoms with van der Waals surface area (Å²) in [5.74, 6) is 0.381. The van der Waals surface area contributed by atoms with Gasteiger partial charge in [-0.05, 0) is 18.2 Å². The minimum absolute atomic E-state index is 0.151. The van der Waals surface area contributed by atoms with E-state index in [1.807, 2.05) is 30.3 Å². The fourth-order valence-electron chi connectivity index (χ4n) is 2.00. The first-order valence-corrected chi connectivity index (χ1v) is 6.88. The van der Waals surface area contributed by atoms with Crippen molar-refractivity contribution in [3.8, 4) is 0 Å². The highest BCUT2D eigenvalue weighted by Gasteiger charge is 2.16. The summed E-state index contributed by atoms with van der Waals surface area (Å²) >= 11 is 3.49. The molecule has 4 heteroatoms. The summed E-state index contributed by atoms with van der Waals surface area (Å²) in [7, 11) is 0. The molecule has 3 aromatic rings. The van der Waals surface area contributed by atoms with Crippen molar-refractivity contribution in [2.75, 3.05) is 0 Å².